The third-order valence-corrected chi connectivity index (χ3v) is 6.14. The smallest absolute Gasteiger partial charge is 0.264 e. The molecule has 27 heavy (non-hydrogen) atoms. The molecule has 0 bridgehead atoms. The molecule has 0 aromatic heterocycles. The molecular formula is C22H46O4S. The van der Waals surface area contributed by atoms with Crippen LogP contribution in [0.25, 0.3) is 0 Å². The summed E-state index contributed by atoms with van der Waals surface area (Å²) in [7, 11) is -3.76. The Hall–Kier alpha value is -0.130. The average Bonchev–Trinajstić information content (AvgIpc) is 2.61. The molecule has 0 rings (SSSR count). The summed E-state index contributed by atoms with van der Waals surface area (Å²) in [6, 6.07) is 0. The average molecular weight is 407 g/mol. The third-order valence-electron chi connectivity index (χ3n) is 5.33. The summed E-state index contributed by atoms with van der Waals surface area (Å²) in [4.78, 5) is 0. The Kier molecular flexibility index (Phi) is 19.1. The van der Waals surface area contributed by atoms with Crippen molar-refractivity contribution >= 4 is 10.1 Å². The van der Waals surface area contributed by atoms with E-state index in [4.69, 9.17) is 4.55 Å². The Morgan fingerprint density at radius 1 is 0.593 bits per heavy atom. The lowest BCUT2D eigenvalue weighted by Gasteiger charge is -2.09. The highest BCUT2D eigenvalue weighted by Crippen LogP contribution is 2.15. The lowest BCUT2D eigenvalue weighted by molar-refractivity contribution is 0.148. The highest BCUT2D eigenvalue weighted by Gasteiger charge is 2.03. The van der Waals surface area contributed by atoms with Gasteiger partial charge in [-0.15, -0.1) is 0 Å². The van der Waals surface area contributed by atoms with Crippen LogP contribution in [0.15, 0.2) is 0 Å². The summed E-state index contributed by atoms with van der Waals surface area (Å²) in [5, 5.41) is 9.79. The Morgan fingerprint density at radius 2 is 0.926 bits per heavy atom. The van der Waals surface area contributed by atoms with Crippen molar-refractivity contribution in [1.82, 2.24) is 0 Å². The maximum Gasteiger partial charge on any atom is 0.264 e. The molecule has 0 fully saturated rings. The molecule has 0 spiro atoms. The quantitative estimate of drug-likeness (QED) is 0.165. The minimum absolute atomic E-state index is 0.0679. The van der Waals surface area contributed by atoms with Crippen LogP contribution in [0.1, 0.15) is 129 Å². The fourth-order valence-corrected chi connectivity index (χ4v) is 4.12. The fourth-order valence-electron chi connectivity index (χ4n) is 3.55. The van der Waals surface area contributed by atoms with Crippen molar-refractivity contribution in [3.63, 3.8) is 0 Å². The van der Waals surface area contributed by atoms with Gasteiger partial charge in [-0.25, -0.2) is 0 Å². The molecule has 0 aliphatic heterocycles. The number of hydrogen-bond donors (Lipinski definition) is 2. The second-order valence-corrected chi connectivity index (χ2v) is 9.75. The van der Waals surface area contributed by atoms with Crippen LogP contribution in [-0.4, -0.2) is 29.9 Å². The van der Waals surface area contributed by atoms with Crippen LogP contribution in [-0.2, 0) is 10.1 Å². The molecule has 0 aromatic rings. The van der Waals surface area contributed by atoms with E-state index >= 15 is 0 Å². The van der Waals surface area contributed by atoms with Gasteiger partial charge in [-0.2, -0.15) is 8.42 Å². The molecule has 5 heteroatoms. The zero-order valence-corrected chi connectivity index (χ0v) is 18.7. The molecule has 0 amide bonds. The van der Waals surface area contributed by atoms with E-state index in [1.54, 1.807) is 0 Å². The monoisotopic (exact) mass is 406 g/mol. The molecule has 0 aliphatic rings. The Morgan fingerprint density at radius 3 is 1.30 bits per heavy atom. The van der Waals surface area contributed by atoms with E-state index in [-0.39, 0.29) is 11.9 Å². The molecule has 0 saturated carbocycles. The first-order valence-electron chi connectivity index (χ1n) is 11.6. The lowest BCUT2D eigenvalue weighted by Crippen LogP contribution is -2.05. The molecule has 1 atom stereocenters. The molecule has 0 radical (unpaired) electrons. The Balaban J connectivity index is 3.11. The van der Waals surface area contributed by atoms with Crippen molar-refractivity contribution in [3.05, 3.63) is 0 Å². The van der Waals surface area contributed by atoms with Crippen molar-refractivity contribution in [3.8, 4) is 0 Å². The summed E-state index contributed by atoms with van der Waals surface area (Å²) in [5.41, 5.74) is 0. The SMILES string of the molecule is CCCCC(O)CCCCCCCCCCCCCCCCCS(=O)(=O)O. The maximum absolute atomic E-state index is 10.6. The zero-order chi connectivity index (χ0) is 20.2. The summed E-state index contributed by atoms with van der Waals surface area (Å²) >= 11 is 0. The second kappa shape index (κ2) is 19.2. The summed E-state index contributed by atoms with van der Waals surface area (Å²) in [5.74, 6) is -0.0894. The predicted molar refractivity (Wildman–Crippen MR) is 116 cm³/mol. The van der Waals surface area contributed by atoms with Gasteiger partial charge in [0.2, 0.25) is 0 Å². The minimum Gasteiger partial charge on any atom is -0.393 e. The largest absolute Gasteiger partial charge is 0.393 e. The van der Waals surface area contributed by atoms with Gasteiger partial charge in [-0.3, -0.25) is 4.55 Å². The van der Waals surface area contributed by atoms with Crippen molar-refractivity contribution in [2.45, 2.75) is 135 Å². The predicted octanol–water partition coefficient (Wildman–Crippen LogP) is 6.67. The van der Waals surface area contributed by atoms with Crippen LogP contribution in [0.3, 0.4) is 0 Å². The van der Waals surface area contributed by atoms with Crippen LogP contribution in [0.5, 0.6) is 0 Å². The van der Waals surface area contributed by atoms with Crippen molar-refractivity contribution in [2.75, 3.05) is 5.75 Å². The van der Waals surface area contributed by atoms with Gasteiger partial charge in [0.25, 0.3) is 10.1 Å². The van der Waals surface area contributed by atoms with Gasteiger partial charge >= 0.3 is 0 Å². The van der Waals surface area contributed by atoms with Crippen molar-refractivity contribution < 1.29 is 18.1 Å². The van der Waals surface area contributed by atoms with Crippen LogP contribution in [0.4, 0.5) is 0 Å². The minimum atomic E-state index is -3.76. The molecule has 1 unspecified atom stereocenters. The van der Waals surface area contributed by atoms with Gasteiger partial charge in [0.05, 0.1) is 11.9 Å². The highest BCUT2D eigenvalue weighted by atomic mass is 32.2. The number of rotatable bonds is 21. The van der Waals surface area contributed by atoms with Crippen LogP contribution < -0.4 is 0 Å². The summed E-state index contributed by atoms with van der Waals surface area (Å²) in [6.07, 6.45) is 22.3. The number of aliphatic hydroxyl groups is 1. The molecule has 0 heterocycles. The van der Waals surface area contributed by atoms with Gasteiger partial charge in [0.1, 0.15) is 0 Å². The van der Waals surface area contributed by atoms with E-state index in [2.05, 4.69) is 6.92 Å². The molecule has 164 valence electrons. The van der Waals surface area contributed by atoms with Crippen molar-refractivity contribution in [2.24, 2.45) is 0 Å². The molecular weight excluding hydrogens is 360 g/mol. The zero-order valence-electron chi connectivity index (χ0n) is 17.8. The Bertz CT molecular complexity index is 395. The topological polar surface area (TPSA) is 74.6 Å². The molecule has 4 nitrogen and oxygen atoms in total. The third kappa shape index (κ3) is 23.8. The normalized spacial score (nSPS) is 13.1. The van der Waals surface area contributed by atoms with E-state index in [0.29, 0.717) is 6.42 Å². The summed E-state index contributed by atoms with van der Waals surface area (Å²) < 4.78 is 29.8. The number of aliphatic hydroxyl groups excluding tert-OH is 1. The highest BCUT2D eigenvalue weighted by molar-refractivity contribution is 7.85. The van der Waals surface area contributed by atoms with Gasteiger partial charge < -0.3 is 5.11 Å². The van der Waals surface area contributed by atoms with E-state index in [0.717, 1.165) is 32.1 Å². The first kappa shape index (κ1) is 26.9. The van der Waals surface area contributed by atoms with Gasteiger partial charge in [-0.1, -0.05) is 110 Å². The van der Waals surface area contributed by atoms with E-state index in [1.165, 1.54) is 83.5 Å². The van der Waals surface area contributed by atoms with E-state index in [1.807, 2.05) is 0 Å². The molecule has 0 saturated heterocycles. The van der Waals surface area contributed by atoms with Crippen molar-refractivity contribution in [1.29, 1.82) is 0 Å². The molecule has 0 aromatic carbocycles. The van der Waals surface area contributed by atoms with Crippen LogP contribution >= 0.6 is 0 Å². The maximum atomic E-state index is 10.6. The van der Waals surface area contributed by atoms with E-state index in [9.17, 15) is 13.5 Å². The van der Waals surface area contributed by atoms with Gasteiger partial charge in [0, 0.05) is 0 Å². The molecule has 0 aliphatic carbocycles. The first-order chi connectivity index (χ1) is 13.0. The Labute approximate surface area is 169 Å². The number of unbranched alkanes of at least 4 members (excludes halogenated alkanes) is 15. The second-order valence-electron chi connectivity index (χ2n) is 8.17. The van der Waals surface area contributed by atoms with Gasteiger partial charge in [-0.05, 0) is 19.3 Å². The van der Waals surface area contributed by atoms with Crippen LogP contribution in [0.2, 0.25) is 0 Å². The first-order valence-corrected chi connectivity index (χ1v) is 13.2. The van der Waals surface area contributed by atoms with Crippen LogP contribution in [0, 0.1) is 0 Å². The lowest BCUT2D eigenvalue weighted by atomic mass is 10.0. The van der Waals surface area contributed by atoms with E-state index < -0.39 is 10.1 Å². The number of hydrogen-bond acceptors (Lipinski definition) is 3. The standard InChI is InChI=1S/C22H46O4S/c1-2-3-19-22(23)20-17-15-13-11-9-7-5-4-6-8-10-12-14-16-18-21-27(24,25)26/h22-23H,2-21H2,1H3,(H,24,25,26). The fraction of sp³-hybridized carbons (Fsp3) is 1.00. The summed E-state index contributed by atoms with van der Waals surface area (Å²) in [6.45, 7) is 2.17. The molecule has 2 N–H and O–H groups in total. The van der Waals surface area contributed by atoms with Gasteiger partial charge in [0.15, 0.2) is 0 Å².